The van der Waals surface area contributed by atoms with Crippen LogP contribution in [0.5, 0.6) is 5.75 Å². The maximum atomic E-state index is 5.81. The van der Waals surface area contributed by atoms with Gasteiger partial charge in [-0.1, -0.05) is 61.1 Å². The lowest BCUT2D eigenvalue weighted by Gasteiger charge is -2.21. The SMILES string of the molecule is C(#Cc1ccc(C#Cc2ccc(OCOC3CCCCC3)cc2)cc1)c1ccccc1. The molecule has 0 aliphatic heterocycles. The van der Waals surface area contributed by atoms with Crippen LogP contribution in [0.4, 0.5) is 0 Å². The molecule has 4 rings (SSSR count). The fourth-order valence-corrected chi connectivity index (χ4v) is 3.51. The molecule has 1 fully saturated rings. The molecule has 0 heterocycles. The van der Waals surface area contributed by atoms with Crippen LogP contribution in [-0.2, 0) is 4.74 Å². The Hall–Kier alpha value is -3.46. The zero-order chi connectivity index (χ0) is 21.1. The average Bonchev–Trinajstić information content (AvgIpc) is 2.84. The summed E-state index contributed by atoms with van der Waals surface area (Å²) < 4.78 is 11.5. The van der Waals surface area contributed by atoms with Gasteiger partial charge >= 0.3 is 0 Å². The van der Waals surface area contributed by atoms with Crippen molar-refractivity contribution < 1.29 is 9.47 Å². The van der Waals surface area contributed by atoms with Crippen molar-refractivity contribution in [3.05, 3.63) is 101 Å². The minimum atomic E-state index is 0.315. The second kappa shape index (κ2) is 11.1. The van der Waals surface area contributed by atoms with Gasteiger partial charge in [0.15, 0.2) is 6.79 Å². The van der Waals surface area contributed by atoms with E-state index in [1.165, 1.54) is 19.3 Å². The standard InChI is InChI=1S/C29H26O2/c1-3-7-24(8-4-1)11-12-25-13-15-26(16-14-25)17-18-27-19-21-29(22-20-27)31-23-30-28-9-5-2-6-10-28/h1,3-4,7-8,13-16,19-22,28H,2,5-6,9-10,23H2. The summed E-state index contributed by atoms with van der Waals surface area (Å²) >= 11 is 0. The Morgan fingerprint density at radius 3 is 1.61 bits per heavy atom. The number of rotatable bonds is 4. The van der Waals surface area contributed by atoms with Gasteiger partial charge in [0.2, 0.25) is 0 Å². The Bertz CT molecular complexity index is 1070. The van der Waals surface area contributed by atoms with Crippen molar-refractivity contribution in [2.45, 2.75) is 38.2 Å². The van der Waals surface area contributed by atoms with E-state index >= 15 is 0 Å². The van der Waals surface area contributed by atoms with Crippen LogP contribution in [0.3, 0.4) is 0 Å². The Morgan fingerprint density at radius 1 is 0.581 bits per heavy atom. The van der Waals surface area contributed by atoms with E-state index in [-0.39, 0.29) is 0 Å². The molecule has 0 spiro atoms. The summed E-state index contributed by atoms with van der Waals surface area (Å²) in [6.07, 6.45) is 6.52. The average molecular weight is 407 g/mol. The summed E-state index contributed by atoms with van der Waals surface area (Å²) in [7, 11) is 0. The van der Waals surface area contributed by atoms with E-state index in [0.29, 0.717) is 12.9 Å². The lowest BCUT2D eigenvalue weighted by atomic mass is 9.98. The fraction of sp³-hybridized carbons (Fsp3) is 0.241. The highest BCUT2D eigenvalue weighted by molar-refractivity contribution is 5.48. The topological polar surface area (TPSA) is 18.5 Å². The molecule has 0 N–H and O–H groups in total. The Balaban J connectivity index is 1.28. The summed E-state index contributed by atoms with van der Waals surface area (Å²) in [6, 6.07) is 25.8. The molecule has 0 radical (unpaired) electrons. The van der Waals surface area contributed by atoms with Crippen molar-refractivity contribution in [2.75, 3.05) is 6.79 Å². The van der Waals surface area contributed by atoms with Crippen LogP contribution in [0.2, 0.25) is 0 Å². The van der Waals surface area contributed by atoms with Gasteiger partial charge in [-0.25, -0.2) is 0 Å². The summed E-state index contributed by atoms with van der Waals surface area (Å²) in [5.74, 6) is 13.6. The van der Waals surface area contributed by atoms with Crippen LogP contribution in [0.15, 0.2) is 78.9 Å². The third kappa shape index (κ3) is 6.78. The molecule has 0 amide bonds. The molecule has 3 aromatic carbocycles. The largest absolute Gasteiger partial charge is 0.468 e. The molecular formula is C29H26O2. The van der Waals surface area contributed by atoms with Gasteiger partial charge in [-0.2, -0.15) is 0 Å². The third-order valence-corrected chi connectivity index (χ3v) is 5.30. The van der Waals surface area contributed by atoms with Crippen LogP contribution in [0.25, 0.3) is 0 Å². The lowest BCUT2D eigenvalue weighted by Crippen LogP contribution is -2.19. The first-order valence-corrected chi connectivity index (χ1v) is 10.9. The minimum Gasteiger partial charge on any atom is -0.468 e. The van der Waals surface area contributed by atoms with Crippen LogP contribution >= 0.6 is 0 Å². The molecule has 1 aliphatic carbocycles. The third-order valence-electron chi connectivity index (χ3n) is 5.30. The van der Waals surface area contributed by atoms with Crippen molar-refractivity contribution in [3.8, 4) is 29.4 Å². The highest BCUT2D eigenvalue weighted by Gasteiger charge is 2.13. The number of ether oxygens (including phenoxy) is 2. The van der Waals surface area contributed by atoms with Crippen LogP contribution in [0.1, 0.15) is 54.4 Å². The van der Waals surface area contributed by atoms with Gasteiger partial charge < -0.3 is 9.47 Å². The summed E-state index contributed by atoms with van der Waals surface area (Å²) in [6.45, 7) is 0.315. The summed E-state index contributed by atoms with van der Waals surface area (Å²) in [4.78, 5) is 0. The van der Waals surface area contributed by atoms with Gasteiger partial charge in [-0.3, -0.25) is 0 Å². The van der Waals surface area contributed by atoms with Gasteiger partial charge in [-0.15, -0.1) is 0 Å². The zero-order valence-corrected chi connectivity index (χ0v) is 17.6. The van der Waals surface area contributed by atoms with E-state index in [4.69, 9.17) is 9.47 Å². The number of benzene rings is 3. The predicted molar refractivity (Wildman–Crippen MR) is 125 cm³/mol. The van der Waals surface area contributed by atoms with Crippen molar-refractivity contribution >= 4 is 0 Å². The maximum absolute atomic E-state index is 5.81. The first-order chi connectivity index (χ1) is 15.3. The Labute approximate surface area is 185 Å². The molecule has 154 valence electrons. The molecule has 0 aromatic heterocycles. The van der Waals surface area contributed by atoms with Crippen molar-refractivity contribution in [1.82, 2.24) is 0 Å². The Kier molecular flexibility index (Phi) is 7.43. The molecule has 3 aromatic rings. The second-order valence-corrected chi connectivity index (χ2v) is 7.66. The number of hydrogen-bond acceptors (Lipinski definition) is 2. The molecule has 0 atom stereocenters. The molecular weight excluding hydrogens is 380 g/mol. The number of hydrogen-bond donors (Lipinski definition) is 0. The molecule has 1 aliphatic rings. The minimum absolute atomic E-state index is 0.315. The van der Waals surface area contributed by atoms with E-state index in [1.807, 2.05) is 78.9 Å². The van der Waals surface area contributed by atoms with Gasteiger partial charge in [0.05, 0.1) is 6.10 Å². The quantitative estimate of drug-likeness (QED) is 0.381. The van der Waals surface area contributed by atoms with E-state index in [0.717, 1.165) is 40.8 Å². The first kappa shape index (κ1) is 20.8. The van der Waals surface area contributed by atoms with E-state index < -0.39 is 0 Å². The van der Waals surface area contributed by atoms with E-state index in [9.17, 15) is 0 Å². The summed E-state index contributed by atoms with van der Waals surface area (Å²) in [5, 5.41) is 0. The van der Waals surface area contributed by atoms with Crippen molar-refractivity contribution in [3.63, 3.8) is 0 Å². The van der Waals surface area contributed by atoms with Gasteiger partial charge in [-0.05, 0) is 73.5 Å². The molecule has 1 saturated carbocycles. The predicted octanol–water partition coefficient (Wildman–Crippen LogP) is 6.17. The highest BCUT2D eigenvalue weighted by atomic mass is 16.7. The zero-order valence-electron chi connectivity index (χ0n) is 17.6. The molecule has 0 unspecified atom stereocenters. The molecule has 2 nitrogen and oxygen atoms in total. The maximum Gasteiger partial charge on any atom is 0.189 e. The normalized spacial score (nSPS) is 13.4. The first-order valence-electron chi connectivity index (χ1n) is 10.9. The summed E-state index contributed by atoms with van der Waals surface area (Å²) in [5.41, 5.74) is 3.91. The van der Waals surface area contributed by atoms with Crippen LogP contribution in [-0.4, -0.2) is 12.9 Å². The molecule has 2 heteroatoms. The second-order valence-electron chi connectivity index (χ2n) is 7.66. The Morgan fingerprint density at radius 2 is 1.06 bits per heavy atom. The van der Waals surface area contributed by atoms with E-state index in [2.05, 4.69) is 23.7 Å². The van der Waals surface area contributed by atoms with Crippen molar-refractivity contribution in [1.29, 1.82) is 0 Å². The van der Waals surface area contributed by atoms with Crippen molar-refractivity contribution in [2.24, 2.45) is 0 Å². The molecule has 31 heavy (non-hydrogen) atoms. The van der Waals surface area contributed by atoms with Crippen LogP contribution < -0.4 is 4.74 Å². The van der Waals surface area contributed by atoms with E-state index in [1.54, 1.807) is 0 Å². The monoisotopic (exact) mass is 406 g/mol. The molecule has 0 bridgehead atoms. The van der Waals surface area contributed by atoms with Gasteiger partial charge in [0.1, 0.15) is 5.75 Å². The smallest absolute Gasteiger partial charge is 0.189 e. The highest BCUT2D eigenvalue weighted by Crippen LogP contribution is 2.20. The van der Waals surface area contributed by atoms with Crippen LogP contribution in [0, 0.1) is 23.7 Å². The lowest BCUT2D eigenvalue weighted by molar-refractivity contribution is -0.0496. The fourth-order valence-electron chi connectivity index (χ4n) is 3.51. The van der Waals surface area contributed by atoms with Gasteiger partial charge in [0.25, 0.3) is 0 Å². The molecule has 0 saturated heterocycles. The van der Waals surface area contributed by atoms with Gasteiger partial charge in [0, 0.05) is 22.3 Å².